The van der Waals surface area contributed by atoms with Crippen molar-refractivity contribution in [1.29, 1.82) is 0 Å². The molecule has 0 saturated carbocycles. The number of rotatable bonds is 7. The molecule has 0 atom stereocenters. The summed E-state index contributed by atoms with van der Waals surface area (Å²) in [5.41, 5.74) is 0. The van der Waals surface area contributed by atoms with Crippen LogP contribution < -0.4 is 5.32 Å². The Bertz CT molecular complexity index is 194. The third kappa shape index (κ3) is 7.54. The third-order valence-electron chi connectivity index (χ3n) is 1.67. The Morgan fingerprint density at radius 2 is 2.00 bits per heavy atom. The van der Waals surface area contributed by atoms with Crippen molar-refractivity contribution in [2.45, 2.75) is 19.8 Å². The molecule has 14 heavy (non-hydrogen) atoms. The Morgan fingerprint density at radius 3 is 2.50 bits per heavy atom. The summed E-state index contributed by atoms with van der Waals surface area (Å²) in [4.78, 5) is 22.9. The number of carboxylic acids is 1. The predicted molar refractivity (Wildman–Crippen MR) is 53.1 cm³/mol. The molecule has 0 radical (unpaired) electrons. The minimum Gasteiger partial charge on any atom is -0.480 e. The second-order valence-corrected chi connectivity index (χ2v) is 3.27. The number of aliphatic carboxylic acids is 1. The van der Waals surface area contributed by atoms with Gasteiger partial charge in [0.2, 0.25) is 5.91 Å². The average molecular weight is 202 g/mol. The van der Waals surface area contributed by atoms with Crippen molar-refractivity contribution >= 4 is 11.9 Å². The number of unbranched alkanes of at least 4 members (excludes halogenated alkanes) is 1. The van der Waals surface area contributed by atoms with Gasteiger partial charge < -0.3 is 10.4 Å². The van der Waals surface area contributed by atoms with Crippen LogP contribution in [0.4, 0.5) is 0 Å². The van der Waals surface area contributed by atoms with E-state index in [-0.39, 0.29) is 19.0 Å². The summed E-state index contributed by atoms with van der Waals surface area (Å²) in [6, 6.07) is 0. The number of amides is 1. The van der Waals surface area contributed by atoms with E-state index in [1.54, 1.807) is 7.05 Å². The summed E-state index contributed by atoms with van der Waals surface area (Å²) >= 11 is 0. The minimum absolute atomic E-state index is 0.110. The molecule has 0 aliphatic carbocycles. The van der Waals surface area contributed by atoms with Crippen molar-refractivity contribution in [2.24, 2.45) is 0 Å². The maximum atomic E-state index is 11.2. The SMILES string of the molecule is CCCCNC(=O)CN(C)CC(=O)O. The first-order valence-electron chi connectivity index (χ1n) is 4.73. The van der Waals surface area contributed by atoms with Crippen LogP contribution in [0.5, 0.6) is 0 Å². The number of carbonyl (C=O) groups excluding carboxylic acids is 1. The Labute approximate surface area is 84.1 Å². The van der Waals surface area contributed by atoms with Crippen LogP contribution in [0.25, 0.3) is 0 Å². The maximum absolute atomic E-state index is 11.2. The first kappa shape index (κ1) is 12.9. The van der Waals surface area contributed by atoms with Gasteiger partial charge in [0, 0.05) is 6.54 Å². The fraction of sp³-hybridized carbons (Fsp3) is 0.778. The molecule has 82 valence electrons. The molecule has 0 unspecified atom stereocenters. The molecule has 0 heterocycles. The fourth-order valence-corrected chi connectivity index (χ4v) is 0.992. The third-order valence-corrected chi connectivity index (χ3v) is 1.67. The highest BCUT2D eigenvalue weighted by Crippen LogP contribution is 1.85. The van der Waals surface area contributed by atoms with Gasteiger partial charge in [-0.15, -0.1) is 0 Å². The van der Waals surface area contributed by atoms with E-state index in [9.17, 15) is 9.59 Å². The Hall–Kier alpha value is -1.10. The number of hydrogen-bond acceptors (Lipinski definition) is 3. The molecule has 0 aromatic heterocycles. The predicted octanol–water partition coefficient (Wildman–Crippen LogP) is -0.0809. The highest BCUT2D eigenvalue weighted by atomic mass is 16.4. The fourth-order valence-electron chi connectivity index (χ4n) is 0.992. The van der Waals surface area contributed by atoms with Crippen LogP contribution in [0.15, 0.2) is 0 Å². The molecule has 0 aliphatic heterocycles. The van der Waals surface area contributed by atoms with Crippen molar-refractivity contribution in [3.05, 3.63) is 0 Å². The lowest BCUT2D eigenvalue weighted by atomic mass is 10.3. The minimum atomic E-state index is -0.922. The van der Waals surface area contributed by atoms with Crippen LogP contribution in [0.1, 0.15) is 19.8 Å². The van der Waals surface area contributed by atoms with Crippen LogP contribution in [0.3, 0.4) is 0 Å². The molecule has 0 aromatic rings. The zero-order chi connectivity index (χ0) is 11.0. The van der Waals surface area contributed by atoms with Gasteiger partial charge in [-0.05, 0) is 13.5 Å². The maximum Gasteiger partial charge on any atom is 0.317 e. The summed E-state index contributed by atoms with van der Waals surface area (Å²) in [5, 5.41) is 11.2. The molecule has 0 saturated heterocycles. The molecule has 0 aromatic carbocycles. The molecule has 5 heteroatoms. The number of carbonyl (C=O) groups is 2. The second-order valence-electron chi connectivity index (χ2n) is 3.27. The normalized spacial score (nSPS) is 10.2. The van der Waals surface area contributed by atoms with Crippen LogP contribution >= 0.6 is 0 Å². The molecule has 0 fully saturated rings. The summed E-state index contributed by atoms with van der Waals surface area (Å²) in [7, 11) is 1.60. The van der Waals surface area contributed by atoms with Gasteiger partial charge in [0.15, 0.2) is 0 Å². The van der Waals surface area contributed by atoms with E-state index in [1.165, 1.54) is 4.90 Å². The van der Waals surface area contributed by atoms with E-state index in [0.29, 0.717) is 6.54 Å². The summed E-state index contributed by atoms with van der Waals surface area (Å²) in [5.74, 6) is -1.05. The first-order chi connectivity index (χ1) is 6.56. The quantitative estimate of drug-likeness (QED) is 0.566. The average Bonchev–Trinajstić information content (AvgIpc) is 2.02. The Kier molecular flexibility index (Phi) is 6.74. The highest BCUT2D eigenvalue weighted by Gasteiger charge is 2.08. The van der Waals surface area contributed by atoms with E-state index < -0.39 is 5.97 Å². The highest BCUT2D eigenvalue weighted by molar-refractivity contribution is 5.78. The lowest BCUT2D eigenvalue weighted by Gasteiger charge is -2.13. The lowest BCUT2D eigenvalue weighted by molar-refractivity contribution is -0.138. The van der Waals surface area contributed by atoms with E-state index in [1.807, 2.05) is 6.92 Å². The van der Waals surface area contributed by atoms with E-state index in [2.05, 4.69) is 5.32 Å². The van der Waals surface area contributed by atoms with Gasteiger partial charge in [-0.3, -0.25) is 14.5 Å². The summed E-state index contributed by atoms with van der Waals surface area (Å²) < 4.78 is 0. The summed E-state index contributed by atoms with van der Waals surface area (Å²) in [6.45, 7) is 2.73. The largest absolute Gasteiger partial charge is 0.480 e. The van der Waals surface area contributed by atoms with E-state index in [4.69, 9.17) is 5.11 Å². The lowest BCUT2D eigenvalue weighted by Crippen LogP contribution is -2.37. The summed E-state index contributed by atoms with van der Waals surface area (Å²) in [6.07, 6.45) is 1.99. The Balaban J connectivity index is 3.55. The number of likely N-dealkylation sites (N-methyl/N-ethyl adjacent to an activating group) is 1. The Morgan fingerprint density at radius 1 is 1.36 bits per heavy atom. The van der Waals surface area contributed by atoms with Crippen molar-refractivity contribution in [2.75, 3.05) is 26.7 Å². The molecule has 0 bridgehead atoms. The van der Waals surface area contributed by atoms with Crippen molar-refractivity contribution in [3.63, 3.8) is 0 Å². The van der Waals surface area contributed by atoms with Crippen LogP contribution in [-0.2, 0) is 9.59 Å². The zero-order valence-corrected chi connectivity index (χ0v) is 8.75. The molecular weight excluding hydrogens is 184 g/mol. The number of carboxylic acid groups (broad SMARTS) is 1. The second kappa shape index (κ2) is 7.32. The molecule has 1 amide bonds. The van der Waals surface area contributed by atoms with Gasteiger partial charge in [-0.1, -0.05) is 13.3 Å². The van der Waals surface area contributed by atoms with Crippen LogP contribution in [0.2, 0.25) is 0 Å². The smallest absolute Gasteiger partial charge is 0.317 e. The van der Waals surface area contributed by atoms with Crippen molar-refractivity contribution in [1.82, 2.24) is 10.2 Å². The molecular formula is C9H18N2O3. The number of nitrogens with one attached hydrogen (secondary N) is 1. The van der Waals surface area contributed by atoms with Gasteiger partial charge in [-0.25, -0.2) is 0 Å². The molecule has 0 spiro atoms. The van der Waals surface area contributed by atoms with Gasteiger partial charge >= 0.3 is 5.97 Å². The van der Waals surface area contributed by atoms with Gasteiger partial charge in [0.05, 0.1) is 13.1 Å². The van der Waals surface area contributed by atoms with E-state index >= 15 is 0 Å². The zero-order valence-electron chi connectivity index (χ0n) is 8.75. The standard InChI is InChI=1S/C9H18N2O3/c1-3-4-5-10-8(12)6-11(2)7-9(13)14/h3-7H2,1-2H3,(H,10,12)(H,13,14). The van der Waals surface area contributed by atoms with Gasteiger partial charge in [0.25, 0.3) is 0 Å². The topological polar surface area (TPSA) is 69.6 Å². The molecule has 5 nitrogen and oxygen atoms in total. The van der Waals surface area contributed by atoms with E-state index in [0.717, 1.165) is 12.8 Å². The monoisotopic (exact) mass is 202 g/mol. The van der Waals surface area contributed by atoms with Crippen LogP contribution in [0, 0.1) is 0 Å². The van der Waals surface area contributed by atoms with Crippen molar-refractivity contribution in [3.8, 4) is 0 Å². The van der Waals surface area contributed by atoms with Crippen molar-refractivity contribution < 1.29 is 14.7 Å². The molecule has 2 N–H and O–H groups in total. The van der Waals surface area contributed by atoms with Gasteiger partial charge in [-0.2, -0.15) is 0 Å². The molecule has 0 rings (SSSR count). The number of hydrogen-bond donors (Lipinski definition) is 2. The molecule has 0 aliphatic rings. The van der Waals surface area contributed by atoms with Gasteiger partial charge in [0.1, 0.15) is 0 Å². The first-order valence-corrected chi connectivity index (χ1v) is 4.73. The number of nitrogens with zero attached hydrogens (tertiary/aromatic N) is 1. The van der Waals surface area contributed by atoms with Crippen LogP contribution in [-0.4, -0.2) is 48.6 Å².